The number of thiazole rings is 1. The predicted octanol–water partition coefficient (Wildman–Crippen LogP) is 6.65. The molecule has 4 aromatic rings. The standard InChI is InChI=1S/C31H29FN2O6S/c1-4-15-40-23-14-9-19(16-24(23)39-6-3)27-26(28(35)18-7-11-21(12-8-18)38-5-2)29(36)30(37)34(27)31-33-22-13-10-20(32)17-25(22)41-31/h7-14,16-17,27,35H,4-6,15H2,1-3H3. The Morgan fingerprint density at radius 2 is 1.71 bits per heavy atom. The van der Waals surface area contributed by atoms with Crippen LogP contribution in [-0.4, -0.2) is 41.6 Å². The number of carbonyl (C=O) groups excluding carboxylic acids is 2. The Kier molecular flexibility index (Phi) is 8.21. The third-order valence-corrected chi connectivity index (χ3v) is 7.49. The number of nitrogens with zero attached hydrogens (tertiary/aromatic N) is 2. The number of hydrogen-bond donors (Lipinski definition) is 1. The first-order valence-corrected chi connectivity index (χ1v) is 14.2. The molecule has 0 aliphatic carbocycles. The number of carbonyl (C=O) groups is 2. The molecule has 8 nitrogen and oxygen atoms in total. The average Bonchev–Trinajstić information content (AvgIpc) is 3.50. The van der Waals surface area contributed by atoms with Crippen molar-refractivity contribution in [3.63, 3.8) is 0 Å². The first kappa shape index (κ1) is 28.1. The van der Waals surface area contributed by atoms with Crippen LogP contribution in [0.4, 0.5) is 9.52 Å². The van der Waals surface area contributed by atoms with E-state index in [1.54, 1.807) is 42.5 Å². The van der Waals surface area contributed by atoms with E-state index in [0.29, 0.717) is 58.4 Å². The summed E-state index contributed by atoms with van der Waals surface area (Å²) in [7, 11) is 0. The lowest BCUT2D eigenvalue weighted by molar-refractivity contribution is -0.132. The number of aromatic nitrogens is 1. The van der Waals surface area contributed by atoms with Crippen molar-refractivity contribution in [2.45, 2.75) is 33.2 Å². The van der Waals surface area contributed by atoms with Gasteiger partial charge in [0.2, 0.25) is 0 Å². The minimum Gasteiger partial charge on any atom is -0.507 e. The molecule has 0 saturated carbocycles. The van der Waals surface area contributed by atoms with Crippen LogP contribution < -0.4 is 19.1 Å². The van der Waals surface area contributed by atoms with Crippen molar-refractivity contribution in [1.29, 1.82) is 0 Å². The summed E-state index contributed by atoms with van der Waals surface area (Å²) < 4.78 is 31.7. The topological polar surface area (TPSA) is 98.2 Å². The fourth-order valence-electron chi connectivity index (χ4n) is 4.66. The van der Waals surface area contributed by atoms with E-state index >= 15 is 0 Å². The van der Waals surface area contributed by atoms with Crippen molar-refractivity contribution in [2.24, 2.45) is 0 Å². The highest BCUT2D eigenvalue weighted by Crippen LogP contribution is 2.46. The Bertz CT molecular complexity index is 1630. The zero-order chi connectivity index (χ0) is 29.1. The second kappa shape index (κ2) is 12.0. The highest BCUT2D eigenvalue weighted by molar-refractivity contribution is 7.22. The maximum Gasteiger partial charge on any atom is 0.301 e. The Labute approximate surface area is 240 Å². The Balaban J connectivity index is 1.69. The van der Waals surface area contributed by atoms with E-state index in [-0.39, 0.29) is 16.5 Å². The van der Waals surface area contributed by atoms with Crippen LogP contribution in [0.15, 0.2) is 66.2 Å². The molecule has 0 bridgehead atoms. The molecule has 5 rings (SSSR count). The van der Waals surface area contributed by atoms with Gasteiger partial charge in [-0.05, 0) is 80.4 Å². The van der Waals surface area contributed by atoms with Gasteiger partial charge in [0.1, 0.15) is 17.3 Å². The van der Waals surface area contributed by atoms with Crippen molar-refractivity contribution in [1.82, 2.24) is 4.98 Å². The molecule has 41 heavy (non-hydrogen) atoms. The molecule has 10 heteroatoms. The van der Waals surface area contributed by atoms with E-state index in [0.717, 1.165) is 17.8 Å². The summed E-state index contributed by atoms with van der Waals surface area (Å²) in [5.41, 5.74) is 1.23. The number of rotatable bonds is 10. The molecule has 1 aromatic heterocycles. The predicted molar refractivity (Wildman–Crippen MR) is 155 cm³/mol. The van der Waals surface area contributed by atoms with E-state index in [1.807, 2.05) is 20.8 Å². The second-order valence-corrected chi connectivity index (χ2v) is 10.2. The van der Waals surface area contributed by atoms with Gasteiger partial charge in [0.15, 0.2) is 16.6 Å². The fourth-order valence-corrected chi connectivity index (χ4v) is 5.68. The minimum absolute atomic E-state index is 0.103. The van der Waals surface area contributed by atoms with Crippen LogP contribution >= 0.6 is 11.3 Å². The summed E-state index contributed by atoms with van der Waals surface area (Å²) in [6.45, 7) is 7.02. The first-order valence-electron chi connectivity index (χ1n) is 13.4. The van der Waals surface area contributed by atoms with E-state index in [1.165, 1.54) is 23.1 Å². The van der Waals surface area contributed by atoms with Crippen LogP contribution in [0.3, 0.4) is 0 Å². The summed E-state index contributed by atoms with van der Waals surface area (Å²) >= 11 is 1.08. The van der Waals surface area contributed by atoms with Crippen LogP contribution in [-0.2, 0) is 9.59 Å². The quantitative estimate of drug-likeness (QED) is 0.128. The molecule has 1 aliphatic heterocycles. The number of amides is 1. The average molecular weight is 577 g/mol. The number of hydrogen-bond acceptors (Lipinski definition) is 8. The maximum atomic E-state index is 13.9. The number of Topliss-reactive ketones (excluding diaryl/α,β-unsaturated/α-hetero) is 1. The molecule has 212 valence electrons. The lowest BCUT2D eigenvalue weighted by atomic mass is 9.95. The molecule has 2 heterocycles. The zero-order valence-electron chi connectivity index (χ0n) is 22.8. The summed E-state index contributed by atoms with van der Waals surface area (Å²) in [4.78, 5) is 33.0. The summed E-state index contributed by atoms with van der Waals surface area (Å²) in [6, 6.07) is 14.9. The molecule has 1 N–H and O–H groups in total. The van der Waals surface area contributed by atoms with Gasteiger partial charge in [-0.1, -0.05) is 24.3 Å². The number of fused-ring (bicyclic) bond motifs is 1. The van der Waals surface area contributed by atoms with Gasteiger partial charge in [0, 0.05) is 5.56 Å². The largest absolute Gasteiger partial charge is 0.507 e. The SMILES string of the molecule is CCCOc1ccc(C2C(=C(O)c3ccc(OCC)cc3)C(=O)C(=O)N2c2nc3ccc(F)cc3s2)cc1OCC. The zero-order valence-corrected chi connectivity index (χ0v) is 23.7. The highest BCUT2D eigenvalue weighted by Gasteiger charge is 2.48. The number of anilines is 1. The molecule has 0 radical (unpaired) electrons. The van der Waals surface area contributed by atoms with Gasteiger partial charge < -0.3 is 19.3 Å². The third kappa shape index (κ3) is 5.47. The molecular weight excluding hydrogens is 547 g/mol. The number of benzene rings is 3. The monoisotopic (exact) mass is 576 g/mol. The molecule has 1 saturated heterocycles. The van der Waals surface area contributed by atoms with Crippen molar-refractivity contribution in [2.75, 3.05) is 24.7 Å². The van der Waals surface area contributed by atoms with Gasteiger partial charge in [0.05, 0.1) is 41.7 Å². The van der Waals surface area contributed by atoms with Crippen LogP contribution in [0.25, 0.3) is 16.0 Å². The van der Waals surface area contributed by atoms with Gasteiger partial charge in [-0.15, -0.1) is 0 Å². The fraction of sp³-hybridized carbons (Fsp3) is 0.258. The van der Waals surface area contributed by atoms with Crippen LogP contribution in [0.2, 0.25) is 0 Å². The molecule has 1 aliphatic rings. The van der Waals surface area contributed by atoms with Crippen LogP contribution in [0.5, 0.6) is 17.2 Å². The number of aliphatic hydroxyl groups excluding tert-OH is 1. The number of halogens is 1. The number of ether oxygens (including phenoxy) is 3. The number of ketones is 1. The molecule has 0 spiro atoms. The van der Waals surface area contributed by atoms with Crippen molar-refractivity contribution >= 4 is 44.1 Å². The van der Waals surface area contributed by atoms with E-state index in [4.69, 9.17) is 14.2 Å². The van der Waals surface area contributed by atoms with Gasteiger partial charge in [-0.3, -0.25) is 14.5 Å². The minimum atomic E-state index is -1.04. The van der Waals surface area contributed by atoms with E-state index < -0.39 is 23.5 Å². The Hall–Kier alpha value is -4.44. The molecule has 1 amide bonds. The van der Waals surface area contributed by atoms with E-state index in [9.17, 15) is 19.1 Å². The molecular formula is C31H29FN2O6S. The van der Waals surface area contributed by atoms with Crippen molar-refractivity contribution in [3.05, 3.63) is 83.2 Å². The van der Waals surface area contributed by atoms with Gasteiger partial charge in [-0.25, -0.2) is 9.37 Å². The Morgan fingerprint density at radius 1 is 0.951 bits per heavy atom. The second-order valence-electron chi connectivity index (χ2n) is 9.22. The Morgan fingerprint density at radius 3 is 2.41 bits per heavy atom. The lowest BCUT2D eigenvalue weighted by Crippen LogP contribution is -2.29. The first-order chi connectivity index (χ1) is 19.9. The third-order valence-electron chi connectivity index (χ3n) is 6.47. The van der Waals surface area contributed by atoms with Gasteiger partial charge in [0.25, 0.3) is 5.78 Å². The smallest absolute Gasteiger partial charge is 0.301 e. The normalized spacial score (nSPS) is 16.4. The van der Waals surface area contributed by atoms with Gasteiger partial charge in [-0.2, -0.15) is 0 Å². The lowest BCUT2D eigenvalue weighted by Gasteiger charge is -2.24. The summed E-state index contributed by atoms with van der Waals surface area (Å²) in [6.07, 6.45) is 0.799. The maximum absolute atomic E-state index is 13.9. The summed E-state index contributed by atoms with van der Waals surface area (Å²) in [5, 5.41) is 11.7. The molecule has 1 unspecified atom stereocenters. The summed E-state index contributed by atoms with van der Waals surface area (Å²) in [5.74, 6) is -0.928. The van der Waals surface area contributed by atoms with Gasteiger partial charge >= 0.3 is 5.91 Å². The van der Waals surface area contributed by atoms with Crippen molar-refractivity contribution < 1.29 is 33.3 Å². The molecule has 3 aromatic carbocycles. The highest BCUT2D eigenvalue weighted by atomic mass is 32.1. The number of aliphatic hydroxyl groups is 1. The van der Waals surface area contributed by atoms with Crippen molar-refractivity contribution in [3.8, 4) is 17.2 Å². The molecule has 1 fully saturated rings. The van der Waals surface area contributed by atoms with E-state index in [2.05, 4.69) is 4.98 Å². The molecule has 1 atom stereocenters. The van der Waals surface area contributed by atoms with Crippen LogP contribution in [0.1, 0.15) is 44.4 Å². The van der Waals surface area contributed by atoms with Crippen LogP contribution in [0, 0.1) is 5.82 Å².